The van der Waals surface area contributed by atoms with Crippen LogP contribution in [0.1, 0.15) is 40.3 Å². The van der Waals surface area contributed by atoms with Gasteiger partial charge in [-0.2, -0.15) is 0 Å². The fourth-order valence-electron chi connectivity index (χ4n) is 1.63. The van der Waals surface area contributed by atoms with E-state index in [0.717, 1.165) is 6.26 Å². The quantitative estimate of drug-likeness (QED) is 0.787. The summed E-state index contributed by atoms with van der Waals surface area (Å²) in [6, 6.07) is 0. The zero-order chi connectivity index (χ0) is 16.2. The van der Waals surface area contributed by atoms with Crippen LogP contribution >= 0.6 is 0 Å². The molecule has 1 rings (SSSR count). The third-order valence-corrected chi connectivity index (χ3v) is 2.88. The molecule has 0 radical (unpaired) electrons. The molecule has 0 atom stereocenters. The fraction of sp³-hybridized carbons (Fsp3) is 0.500. The first-order valence-corrected chi connectivity index (χ1v) is 8.05. The van der Waals surface area contributed by atoms with Gasteiger partial charge in [-0.15, -0.1) is 0 Å². The number of hydrogen-bond acceptors (Lipinski definition) is 7. The summed E-state index contributed by atoms with van der Waals surface area (Å²) >= 11 is 0. The molecular weight excluding hydrogens is 302 g/mol. The molecule has 1 N–H and O–H groups in total. The van der Waals surface area contributed by atoms with Crippen LogP contribution in [-0.2, 0) is 19.5 Å². The average molecular weight is 319 g/mol. The van der Waals surface area contributed by atoms with Crippen molar-refractivity contribution in [1.29, 1.82) is 0 Å². The molecule has 0 bridgehead atoms. The standard InChI is InChI=1S/C12H17NO7S/c1-5-18-11(14)8-7(3)20-10(13-21(4,16)17)9(8)12(15)19-6-2/h13H,5-6H2,1-4H3. The normalized spacial score (nSPS) is 11.0. The summed E-state index contributed by atoms with van der Waals surface area (Å²) in [5.74, 6) is -1.97. The molecule has 21 heavy (non-hydrogen) atoms. The summed E-state index contributed by atoms with van der Waals surface area (Å²) in [6.45, 7) is 4.76. The Balaban J connectivity index is 3.42. The van der Waals surface area contributed by atoms with E-state index in [0.29, 0.717) is 0 Å². The third kappa shape index (κ3) is 4.22. The molecule has 1 heterocycles. The van der Waals surface area contributed by atoms with E-state index < -0.39 is 22.0 Å². The number of esters is 2. The van der Waals surface area contributed by atoms with Crippen molar-refractivity contribution < 1.29 is 31.9 Å². The number of sulfonamides is 1. The van der Waals surface area contributed by atoms with E-state index in [1.165, 1.54) is 6.92 Å². The van der Waals surface area contributed by atoms with Crippen LogP contribution < -0.4 is 4.72 Å². The third-order valence-electron chi connectivity index (χ3n) is 2.32. The van der Waals surface area contributed by atoms with Gasteiger partial charge in [-0.25, -0.2) is 18.0 Å². The van der Waals surface area contributed by atoms with Crippen LogP contribution in [0.25, 0.3) is 0 Å². The van der Waals surface area contributed by atoms with E-state index in [1.807, 2.05) is 4.72 Å². The van der Waals surface area contributed by atoms with Gasteiger partial charge in [0.2, 0.25) is 15.9 Å². The first kappa shape index (κ1) is 17.0. The zero-order valence-electron chi connectivity index (χ0n) is 12.2. The van der Waals surface area contributed by atoms with Crippen molar-refractivity contribution in [3.63, 3.8) is 0 Å². The molecule has 0 fully saturated rings. The van der Waals surface area contributed by atoms with Crippen LogP contribution in [-0.4, -0.2) is 39.8 Å². The van der Waals surface area contributed by atoms with Gasteiger partial charge in [-0.3, -0.25) is 4.72 Å². The van der Waals surface area contributed by atoms with Gasteiger partial charge in [-0.1, -0.05) is 0 Å². The minimum Gasteiger partial charge on any atom is -0.462 e. The lowest BCUT2D eigenvalue weighted by molar-refractivity contribution is 0.0480. The predicted octanol–water partition coefficient (Wildman–Crippen LogP) is 1.31. The van der Waals surface area contributed by atoms with Gasteiger partial charge in [0.25, 0.3) is 0 Å². The average Bonchev–Trinajstić information content (AvgIpc) is 2.64. The van der Waals surface area contributed by atoms with Crippen LogP contribution in [0.2, 0.25) is 0 Å². The van der Waals surface area contributed by atoms with Crippen LogP contribution in [0.5, 0.6) is 0 Å². The summed E-state index contributed by atoms with van der Waals surface area (Å²) in [7, 11) is -3.69. The monoisotopic (exact) mass is 319 g/mol. The molecule has 8 nitrogen and oxygen atoms in total. The number of rotatable bonds is 6. The van der Waals surface area contributed by atoms with E-state index in [2.05, 4.69) is 0 Å². The summed E-state index contributed by atoms with van der Waals surface area (Å²) in [4.78, 5) is 23.9. The second-order valence-corrected chi connectivity index (χ2v) is 5.80. The molecule has 0 saturated carbocycles. The maximum Gasteiger partial charge on any atom is 0.344 e. The summed E-state index contributed by atoms with van der Waals surface area (Å²) in [5, 5.41) is 0. The largest absolute Gasteiger partial charge is 0.462 e. The maximum atomic E-state index is 12.0. The van der Waals surface area contributed by atoms with Crippen molar-refractivity contribution >= 4 is 27.8 Å². The number of anilines is 1. The van der Waals surface area contributed by atoms with Crippen LogP contribution in [0.4, 0.5) is 5.88 Å². The molecule has 9 heteroatoms. The molecule has 0 spiro atoms. The molecule has 0 aliphatic heterocycles. The lowest BCUT2D eigenvalue weighted by Gasteiger charge is -2.06. The Morgan fingerprint density at radius 1 is 1.10 bits per heavy atom. The van der Waals surface area contributed by atoms with Gasteiger partial charge in [-0.05, 0) is 20.8 Å². The maximum absolute atomic E-state index is 12.0. The van der Waals surface area contributed by atoms with Crippen molar-refractivity contribution in [3.05, 3.63) is 16.9 Å². The van der Waals surface area contributed by atoms with Crippen molar-refractivity contribution in [2.24, 2.45) is 0 Å². The highest BCUT2D eigenvalue weighted by molar-refractivity contribution is 7.92. The minimum atomic E-state index is -3.69. The molecule has 0 amide bonds. The zero-order valence-corrected chi connectivity index (χ0v) is 13.0. The lowest BCUT2D eigenvalue weighted by Crippen LogP contribution is -2.16. The highest BCUT2D eigenvalue weighted by Gasteiger charge is 2.31. The predicted molar refractivity (Wildman–Crippen MR) is 73.8 cm³/mol. The number of aryl methyl sites for hydroxylation is 1. The van der Waals surface area contributed by atoms with E-state index in [9.17, 15) is 18.0 Å². The van der Waals surface area contributed by atoms with Crippen LogP contribution in [0.3, 0.4) is 0 Å². The number of carbonyl (C=O) groups is 2. The Kier molecular flexibility index (Phi) is 5.36. The highest BCUT2D eigenvalue weighted by Crippen LogP contribution is 2.29. The smallest absolute Gasteiger partial charge is 0.344 e. The first-order chi connectivity index (χ1) is 9.71. The van der Waals surface area contributed by atoms with E-state index in [1.54, 1.807) is 13.8 Å². The second-order valence-electron chi connectivity index (χ2n) is 4.05. The minimum absolute atomic E-state index is 0.0580. The van der Waals surface area contributed by atoms with Crippen molar-refractivity contribution in [1.82, 2.24) is 0 Å². The van der Waals surface area contributed by atoms with Crippen LogP contribution in [0, 0.1) is 6.92 Å². The molecule has 0 aliphatic carbocycles. The Bertz CT molecular complexity index is 645. The molecular formula is C12H17NO7S. The molecule has 1 aromatic heterocycles. The fourth-order valence-corrected chi connectivity index (χ4v) is 2.11. The van der Waals surface area contributed by atoms with Gasteiger partial charge in [0, 0.05) is 0 Å². The summed E-state index contributed by atoms with van der Waals surface area (Å²) in [5.41, 5.74) is -0.445. The van der Waals surface area contributed by atoms with E-state index >= 15 is 0 Å². The summed E-state index contributed by atoms with van der Waals surface area (Å²) in [6.07, 6.45) is 0.893. The van der Waals surface area contributed by atoms with Gasteiger partial charge >= 0.3 is 11.9 Å². The Labute approximate surface area is 122 Å². The molecule has 1 aromatic rings. The Hall–Kier alpha value is -2.03. The van der Waals surface area contributed by atoms with Crippen LogP contribution in [0.15, 0.2) is 4.42 Å². The van der Waals surface area contributed by atoms with Crippen molar-refractivity contribution in [2.45, 2.75) is 20.8 Å². The van der Waals surface area contributed by atoms with Crippen molar-refractivity contribution in [3.8, 4) is 0 Å². The molecule has 0 aromatic carbocycles. The Morgan fingerprint density at radius 2 is 1.57 bits per heavy atom. The SMILES string of the molecule is CCOC(=O)c1c(C)oc(NS(C)(=O)=O)c1C(=O)OCC. The number of nitrogens with one attached hydrogen (secondary N) is 1. The van der Waals surface area contributed by atoms with Gasteiger partial charge < -0.3 is 13.9 Å². The van der Waals surface area contributed by atoms with Gasteiger partial charge in [0.15, 0.2) is 0 Å². The lowest BCUT2D eigenvalue weighted by atomic mass is 10.1. The second kappa shape index (κ2) is 6.61. The van der Waals surface area contributed by atoms with Gasteiger partial charge in [0.1, 0.15) is 16.9 Å². The van der Waals surface area contributed by atoms with Crippen molar-refractivity contribution in [2.75, 3.05) is 24.2 Å². The topological polar surface area (TPSA) is 112 Å². The highest BCUT2D eigenvalue weighted by atomic mass is 32.2. The molecule has 0 aliphatic rings. The number of furan rings is 1. The van der Waals surface area contributed by atoms with E-state index in [-0.39, 0.29) is 36.0 Å². The van der Waals surface area contributed by atoms with E-state index in [4.69, 9.17) is 13.9 Å². The number of carbonyl (C=O) groups excluding carboxylic acids is 2. The molecule has 0 unspecified atom stereocenters. The Morgan fingerprint density at radius 3 is 2.00 bits per heavy atom. The van der Waals surface area contributed by atoms with Gasteiger partial charge in [0.05, 0.1) is 19.5 Å². The molecule has 118 valence electrons. The molecule has 0 saturated heterocycles. The summed E-state index contributed by atoms with van der Waals surface area (Å²) < 4.78 is 39.5. The number of hydrogen-bond donors (Lipinski definition) is 1. The first-order valence-electron chi connectivity index (χ1n) is 6.16. The number of ether oxygens (including phenoxy) is 2.